The van der Waals surface area contributed by atoms with Crippen LogP contribution in [0.15, 0.2) is 42.6 Å². The van der Waals surface area contributed by atoms with Crippen molar-refractivity contribution >= 4 is 11.6 Å². The number of anilines is 1. The van der Waals surface area contributed by atoms with Crippen molar-refractivity contribution in [1.29, 1.82) is 0 Å². The maximum atomic E-state index is 12.2. The van der Waals surface area contributed by atoms with Crippen LogP contribution in [0, 0.1) is 12.8 Å². The highest BCUT2D eigenvalue weighted by Gasteiger charge is 2.23. The molecule has 5 nitrogen and oxygen atoms in total. The van der Waals surface area contributed by atoms with Gasteiger partial charge in [-0.2, -0.15) is 0 Å². The standard InChI is InChI=1S/C19H23N3O2/c1-14-6-7-16(12-20-14)19(23)21-11-15-8-9-22(13-15)17-4-3-5-18(10-17)24-2/h3-7,10,12,15H,8-9,11,13H2,1-2H3,(H,21,23)/t15-/m1/s1. The number of carbonyl (C=O) groups excluding carboxylic acids is 1. The minimum atomic E-state index is -0.0534. The zero-order chi connectivity index (χ0) is 16.9. The van der Waals surface area contributed by atoms with Gasteiger partial charge in [-0.05, 0) is 43.5 Å². The van der Waals surface area contributed by atoms with Crippen LogP contribution < -0.4 is 15.0 Å². The van der Waals surface area contributed by atoms with E-state index < -0.39 is 0 Å². The third-order valence-electron chi connectivity index (χ3n) is 4.43. The van der Waals surface area contributed by atoms with Gasteiger partial charge in [-0.1, -0.05) is 6.07 Å². The van der Waals surface area contributed by atoms with Crippen molar-refractivity contribution in [2.75, 3.05) is 31.6 Å². The van der Waals surface area contributed by atoms with E-state index in [0.29, 0.717) is 18.0 Å². The van der Waals surface area contributed by atoms with E-state index in [9.17, 15) is 4.79 Å². The van der Waals surface area contributed by atoms with Gasteiger partial charge >= 0.3 is 0 Å². The van der Waals surface area contributed by atoms with Gasteiger partial charge < -0.3 is 15.0 Å². The summed E-state index contributed by atoms with van der Waals surface area (Å²) in [6.07, 6.45) is 2.70. The van der Waals surface area contributed by atoms with Crippen LogP contribution >= 0.6 is 0 Å². The lowest BCUT2D eigenvalue weighted by atomic mass is 10.1. The molecule has 2 heterocycles. The molecular formula is C19H23N3O2. The summed E-state index contributed by atoms with van der Waals surface area (Å²) >= 11 is 0. The first kappa shape index (κ1) is 16.3. The number of rotatable bonds is 5. The molecule has 1 N–H and O–H groups in total. The minimum absolute atomic E-state index is 0.0534. The van der Waals surface area contributed by atoms with Crippen LogP contribution in [0.3, 0.4) is 0 Å². The van der Waals surface area contributed by atoms with Crippen LogP contribution in [0.5, 0.6) is 5.75 Å². The highest BCUT2D eigenvalue weighted by atomic mass is 16.5. The molecule has 1 fully saturated rings. The molecule has 1 aromatic heterocycles. The second-order valence-electron chi connectivity index (χ2n) is 6.20. The molecule has 126 valence electrons. The molecule has 2 aromatic rings. The van der Waals surface area contributed by atoms with Crippen molar-refractivity contribution in [2.24, 2.45) is 5.92 Å². The molecule has 0 radical (unpaired) electrons. The number of carbonyl (C=O) groups is 1. The van der Waals surface area contributed by atoms with Gasteiger partial charge in [-0.15, -0.1) is 0 Å². The summed E-state index contributed by atoms with van der Waals surface area (Å²) in [6, 6.07) is 11.8. The number of nitrogens with zero attached hydrogens (tertiary/aromatic N) is 2. The normalized spacial score (nSPS) is 16.9. The van der Waals surface area contributed by atoms with Gasteiger partial charge in [0, 0.05) is 43.3 Å². The second-order valence-corrected chi connectivity index (χ2v) is 6.20. The molecule has 1 aliphatic heterocycles. The third kappa shape index (κ3) is 3.85. The first-order valence-electron chi connectivity index (χ1n) is 8.25. The summed E-state index contributed by atoms with van der Waals surface area (Å²) in [5.41, 5.74) is 2.70. The largest absolute Gasteiger partial charge is 0.497 e. The van der Waals surface area contributed by atoms with E-state index in [1.165, 1.54) is 5.69 Å². The van der Waals surface area contributed by atoms with Gasteiger partial charge in [-0.25, -0.2) is 0 Å². The van der Waals surface area contributed by atoms with E-state index in [2.05, 4.69) is 27.3 Å². The van der Waals surface area contributed by atoms with Crippen LogP contribution in [-0.4, -0.2) is 37.6 Å². The maximum Gasteiger partial charge on any atom is 0.252 e. The Morgan fingerprint density at radius 3 is 3.00 bits per heavy atom. The molecule has 1 atom stereocenters. The van der Waals surface area contributed by atoms with Gasteiger partial charge in [0.2, 0.25) is 0 Å². The Hall–Kier alpha value is -2.56. The predicted molar refractivity (Wildman–Crippen MR) is 94.6 cm³/mol. The summed E-state index contributed by atoms with van der Waals surface area (Å²) in [7, 11) is 1.68. The summed E-state index contributed by atoms with van der Waals surface area (Å²) in [4.78, 5) is 18.7. The molecule has 1 aromatic carbocycles. The van der Waals surface area contributed by atoms with Gasteiger partial charge in [0.05, 0.1) is 12.7 Å². The van der Waals surface area contributed by atoms with Crippen LogP contribution in [0.25, 0.3) is 0 Å². The Morgan fingerprint density at radius 1 is 1.38 bits per heavy atom. The molecule has 1 aliphatic rings. The van der Waals surface area contributed by atoms with Crippen LogP contribution in [0.4, 0.5) is 5.69 Å². The van der Waals surface area contributed by atoms with E-state index in [0.717, 1.165) is 31.0 Å². The van der Waals surface area contributed by atoms with E-state index >= 15 is 0 Å². The van der Waals surface area contributed by atoms with Crippen molar-refractivity contribution in [3.63, 3.8) is 0 Å². The highest BCUT2D eigenvalue weighted by Crippen LogP contribution is 2.26. The Kier molecular flexibility index (Phi) is 4.99. The van der Waals surface area contributed by atoms with E-state index in [1.54, 1.807) is 13.3 Å². The smallest absolute Gasteiger partial charge is 0.252 e. The van der Waals surface area contributed by atoms with Gasteiger partial charge in [0.15, 0.2) is 0 Å². The number of pyridine rings is 1. The van der Waals surface area contributed by atoms with Crippen molar-refractivity contribution in [3.8, 4) is 5.75 Å². The van der Waals surface area contributed by atoms with E-state index in [4.69, 9.17) is 4.74 Å². The zero-order valence-corrected chi connectivity index (χ0v) is 14.2. The molecule has 3 rings (SSSR count). The number of methoxy groups -OCH3 is 1. The molecule has 1 amide bonds. The molecule has 0 bridgehead atoms. The van der Waals surface area contributed by atoms with Crippen molar-refractivity contribution in [2.45, 2.75) is 13.3 Å². The molecule has 24 heavy (non-hydrogen) atoms. The predicted octanol–water partition coefficient (Wildman–Crippen LogP) is 2.65. The lowest BCUT2D eigenvalue weighted by Gasteiger charge is -2.19. The van der Waals surface area contributed by atoms with Crippen LogP contribution in [0.2, 0.25) is 0 Å². The quantitative estimate of drug-likeness (QED) is 0.918. The minimum Gasteiger partial charge on any atom is -0.497 e. The van der Waals surface area contributed by atoms with Crippen molar-refractivity contribution in [3.05, 3.63) is 53.9 Å². The van der Waals surface area contributed by atoms with Crippen molar-refractivity contribution < 1.29 is 9.53 Å². The summed E-state index contributed by atoms with van der Waals surface area (Å²) in [6.45, 7) is 4.54. The molecule has 1 saturated heterocycles. The summed E-state index contributed by atoms with van der Waals surface area (Å²) in [5, 5.41) is 3.02. The lowest BCUT2D eigenvalue weighted by Crippen LogP contribution is -2.31. The van der Waals surface area contributed by atoms with Crippen LogP contribution in [-0.2, 0) is 0 Å². The fraction of sp³-hybridized carbons (Fsp3) is 0.368. The van der Waals surface area contributed by atoms with Crippen LogP contribution in [0.1, 0.15) is 22.5 Å². The van der Waals surface area contributed by atoms with Crippen molar-refractivity contribution in [1.82, 2.24) is 10.3 Å². The number of hydrogen-bond acceptors (Lipinski definition) is 4. The molecule has 0 unspecified atom stereocenters. The van der Waals surface area contributed by atoms with Gasteiger partial charge in [0.25, 0.3) is 5.91 Å². The van der Waals surface area contributed by atoms with Gasteiger partial charge in [0.1, 0.15) is 5.75 Å². The van der Waals surface area contributed by atoms with E-state index in [1.807, 2.05) is 31.2 Å². The zero-order valence-electron chi connectivity index (χ0n) is 14.2. The average Bonchev–Trinajstić information content (AvgIpc) is 3.09. The Balaban J connectivity index is 1.52. The molecule has 0 aliphatic carbocycles. The number of amides is 1. The molecule has 5 heteroatoms. The lowest BCUT2D eigenvalue weighted by molar-refractivity contribution is 0.0948. The number of aryl methyl sites for hydroxylation is 1. The number of nitrogens with one attached hydrogen (secondary N) is 1. The Bertz CT molecular complexity index is 700. The molecule has 0 saturated carbocycles. The number of benzene rings is 1. The fourth-order valence-electron chi connectivity index (χ4n) is 2.98. The fourth-order valence-corrected chi connectivity index (χ4v) is 2.98. The third-order valence-corrected chi connectivity index (χ3v) is 4.43. The SMILES string of the molecule is COc1cccc(N2CC[C@H](CNC(=O)c3ccc(C)nc3)C2)c1. The number of aromatic nitrogens is 1. The van der Waals surface area contributed by atoms with E-state index in [-0.39, 0.29) is 5.91 Å². The first-order valence-corrected chi connectivity index (χ1v) is 8.25. The topological polar surface area (TPSA) is 54.5 Å². The number of hydrogen-bond donors (Lipinski definition) is 1. The monoisotopic (exact) mass is 325 g/mol. The Morgan fingerprint density at radius 2 is 2.25 bits per heavy atom. The van der Waals surface area contributed by atoms with Gasteiger partial charge in [-0.3, -0.25) is 9.78 Å². The summed E-state index contributed by atoms with van der Waals surface area (Å²) < 4.78 is 5.29. The highest BCUT2D eigenvalue weighted by molar-refractivity contribution is 5.93. The second kappa shape index (κ2) is 7.34. The summed E-state index contributed by atoms with van der Waals surface area (Å²) in [5.74, 6) is 1.28. The number of ether oxygens (including phenoxy) is 1. The molecule has 0 spiro atoms. The Labute approximate surface area is 142 Å². The first-order chi connectivity index (χ1) is 11.7. The molecular weight excluding hydrogens is 302 g/mol. The maximum absolute atomic E-state index is 12.2. The average molecular weight is 325 g/mol.